The molecule has 0 aromatic carbocycles. The van der Waals surface area contributed by atoms with E-state index in [1.807, 2.05) is 6.92 Å². The van der Waals surface area contributed by atoms with E-state index in [-0.39, 0.29) is 22.2 Å². The molecule has 3 rings (SSSR count). The molecule has 0 amide bonds. The van der Waals surface area contributed by atoms with Crippen molar-refractivity contribution in [3.63, 3.8) is 0 Å². The van der Waals surface area contributed by atoms with E-state index in [4.69, 9.17) is 0 Å². The Kier molecular flexibility index (Phi) is 3.63. The van der Waals surface area contributed by atoms with Crippen LogP contribution in [0.4, 0.5) is 0 Å². The predicted molar refractivity (Wildman–Crippen MR) is 94.2 cm³/mol. The van der Waals surface area contributed by atoms with Crippen molar-refractivity contribution in [2.75, 3.05) is 0 Å². The van der Waals surface area contributed by atoms with Gasteiger partial charge >= 0.3 is 5.97 Å². The lowest BCUT2D eigenvalue weighted by Crippen LogP contribution is -2.58. The van der Waals surface area contributed by atoms with E-state index in [1.54, 1.807) is 5.57 Å². The number of carbonyl (C=O) groups is 1. The Labute approximate surface area is 141 Å². The molecule has 0 unspecified atom stereocenters. The van der Waals surface area contributed by atoms with Crippen molar-refractivity contribution >= 4 is 5.97 Å². The Morgan fingerprint density at radius 1 is 1.22 bits per heavy atom. The van der Waals surface area contributed by atoms with E-state index in [2.05, 4.69) is 39.5 Å². The molecule has 2 nitrogen and oxygen atoms in total. The van der Waals surface area contributed by atoms with E-state index in [9.17, 15) is 9.90 Å². The number of fused-ring (bicyclic) bond motifs is 3. The largest absolute Gasteiger partial charge is 0.481 e. The third-order valence-electron chi connectivity index (χ3n) is 8.22. The fourth-order valence-electron chi connectivity index (χ4n) is 6.20. The summed E-state index contributed by atoms with van der Waals surface area (Å²) in [5.41, 5.74) is 1.38. The molecule has 2 heteroatoms. The number of hydrogen-bond donors (Lipinski definition) is 1. The average Bonchev–Trinajstić information content (AvgIpc) is 2.49. The fourth-order valence-corrected chi connectivity index (χ4v) is 6.20. The van der Waals surface area contributed by atoms with Gasteiger partial charge in [-0.1, -0.05) is 44.9 Å². The number of rotatable bonds is 2. The van der Waals surface area contributed by atoms with Gasteiger partial charge in [0.05, 0.1) is 5.41 Å². The molecular formula is C21H32O2. The molecule has 0 spiro atoms. The first-order valence-corrected chi connectivity index (χ1v) is 9.21. The van der Waals surface area contributed by atoms with Crippen LogP contribution in [0.1, 0.15) is 72.6 Å². The summed E-state index contributed by atoms with van der Waals surface area (Å²) in [6, 6.07) is 0. The second kappa shape index (κ2) is 4.97. The Hall–Kier alpha value is -1.05. The molecule has 23 heavy (non-hydrogen) atoms. The molecule has 0 aromatic heterocycles. The normalized spacial score (nSPS) is 49.6. The quantitative estimate of drug-likeness (QED) is 0.674. The van der Waals surface area contributed by atoms with Gasteiger partial charge in [-0.2, -0.15) is 0 Å². The van der Waals surface area contributed by atoms with Gasteiger partial charge in [-0.25, -0.2) is 0 Å². The molecule has 5 atom stereocenters. The number of allylic oxidation sites excluding steroid dienone is 3. The SMILES string of the molecule is C=C[C@@]1(C)C=C2CC[C@H]3[C@](C)(C(=O)O)CCC[C@]3(C)[C@@]2(C)CC1. The van der Waals surface area contributed by atoms with Gasteiger partial charge in [0.15, 0.2) is 0 Å². The van der Waals surface area contributed by atoms with E-state index >= 15 is 0 Å². The monoisotopic (exact) mass is 316 g/mol. The van der Waals surface area contributed by atoms with Crippen LogP contribution >= 0.6 is 0 Å². The van der Waals surface area contributed by atoms with E-state index < -0.39 is 11.4 Å². The van der Waals surface area contributed by atoms with Crippen molar-refractivity contribution in [1.82, 2.24) is 0 Å². The minimum Gasteiger partial charge on any atom is -0.481 e. The summed E-state index contributed by atoms with van der Waals surface area (Å²) in [5, 5.41) is 9.92. The summed E-state index contributed by atoms with van der Waals surface area (Å²) in [7, 11) is 0. The molecule has 0 radical (unpaired) electrons. The maximum atomic E-state index is 12.1. The summed E-state index contributed by atoms with van der Waals surface area (Å²) >= 11 is 0. The summed E-state index contributed by atoms with van der Waals surface area (Å²) in [4.78, 5) is 12.1. The fraction of sp³-hybridized carbons (Fsp3) is 0.762. The molecule has 0 aliphatic heterocycles. The zero-order valence-electron chi connectivity index (χ0n) is 15.2. The maximum Gasteiger partial charge on any atom is 0.309 e. The highest BCUT2D eigenvalue weighted by Crippen LogP contribution is 2.69. The second-order valence-corrected chi connectivity index (χ2v) is 9.30. The zero-order valence-corrected chi connectivity index (χ0v) is 15.2. The van der Waals surface area contributed by atoms with Crippen molar-refractivity contribution in [2.45, 2.75) is 72.6 Å². The van der Waals surface area contributed by atoms with Gasteiger partial charge in [-0.05, 0) is 62.2 Å². The van der Waals surface area contributed by atoms with Gasteiger partial charge in [0.1, 0.15) is 0 Å². The molecule has 2 saturated carbocycles. The Morgan fingerprint density at radius 2 is 1.91 bits per heavy atom. The molecule has 128 valence electrons. The van der Waals surface area contributed by atoms with Crippen molar-refractivity contribution in [3.05, 3.63) is 24.3 Å². The van der Waals surface area contributed by atoms with Crippen LogP contribution in [-0.4, -0.2) is 11.1 Å². The standard InChI is InChI=1S/C21H32O2/c1-6-18(2)12-13-20(4)15(14-18)8-9-16-19(3,17(22)23)10-7-11-21(16,20)5/h6,14,16H,1,7-13H2,2-5H3,(H,22,23)/t16-,18+,19+,20-,21-/m0/s1. The van der Waals surface area contributed by atoms with Gasteiger partial charge in [0.2, 0.25) is 0 Å². The van der Waals surface area contributed by atoms with Gasteiger partial charge < -0.3 is 5.11 Å². The first-order valence-electron chi connectivity index (χ1n) is 9.21. The Bertz CT molecular complexity index is 576. The lowest BCUT2D eigenvalue weighted by Gasteiger charge is -2.64. The van der Waals surface area contributed by atoms with Crippen LogP contribution in [0.25, 0.3) is 0 Å². The van der Waals surface area contributed by atoms with Crippen molar-refractivity contribution in [2.24, 2.45) is 27.6 Å². The van der Waals surface area contributed by atoms with Crippen LogP contribution < -0.4 is 0 Å². The van der Waals surface area contributed by atoms with E-state index in [1.165, 1.54) is 6.42 Å². The summed E-state index contributed by atoms with van der Waals surface area (Å²) in [6.07, 6.45) is 12.0. The average molecular weight is 316 g/mol. The second-order valence-electron chi connectivity index (χ2n) is 9.30. The number of aliphatic carboxylic acids is 1. The smallest absolute Gasteiger partial charge is 0.309 e. The minimum absolute atomic E-state index is 0.102. The van der Waals surface area contributed by atoms with Crippen LogP contribution in [0.3, 0.4) is 0 Å². The van der Waals surface area contributed by atoms with Gasteiger partial charge in [-0.15, -0.1) is 6.58 Å². The van der Waals surface area contributed by atoms with Crippen molar-refractivity contribution < 1.29 is 9.90 Å². The topological polar surface area (TPSA) is 37.3 Å². The molecule has 0 saturated heterocycles. The predicted octanol–water partition coefficient (Wildman–Crippen LogP) is 5.60. The van der Waals surface area contributed by atoms with Crippen LogP contribution in [0.5, 0.6) is 0 Å². The lowest BCUT2D eigenvalue weighted by atomic mass is 9.40. The van der Waals surface area contributed by atoms with Crippen molar-refractivity contribution in [3.8, 4) is 0 Å². The number of carboxylic acid groups (broad SMARTS) is 1. The van der Waals surface area contributed by atoms with Gasteiger partial charge in [0, 0.05) is 5.41 Å². The molecule has 1 N–H and O–H groups in total. The summed E-state index contributed by atoms with van der Waals surface area (Å²) in [5.74, 6) is -0.298. The first kappa shape index (κ1) is 16.8. The number of hydrogen-bond acceptors (Lipinski definition) is 1. The van der Waals surface area contributed by atoms with Crippen molar-refractivity contribution in [1.29, 1.82) is 0 Å². The minimum atomic E-state index is -0.587. The van der Waals surface area contributed by atoms with Crippen LogP contribution in [0, 0.1) is 27.6 Å². The molecule has 0 aromatic rings. The third kappa shape index (κ3) is 2.09. The van der Waals surface area contributed by atoms with Crippen LogP contribution in [0.15, 0.2) is 24.3 Å². The first-order chi connectivity index (χ1) is 10.6. The van der Waals surface area contributed by atoms with Crippen LogP contribution in [-0.2, 0) is 4.79 Å². The maximum absolute atomic E-state index is 12.1. The highest BCUT2D eigenvalue weighted by molar-refractivity contribution is 5.75. The molecular weight excluding hydrogens is 284 g/mol. The van der Waals surface area contributed by atoms with Crippen LogP contribution in [0.2, 0.25) is 0 Å². The third-order valence-corrected chi connectivity index (χ3v) is 8.22. The highest BCUT2D eigenvalue weighted by atomic mass is 16.4. The van der Waals surface area contributed by atoms with Gasteiger partial charge in [-0.3, -0.25) is 4.79 Å². The molecule has 3 aliphatic rings. The highest BCUT2D eigenvalue weighted by Gasteiger charge is 2.62. The lowest BCUT2D eigenvalue weighted by molar-refractivity contribution is -0.170. The summed E-state index contributed by atoms with van der Waals surface area (Å²) < 4.78 is 0. The van der Waals surface area contributed by atoms with E-state index in [0.29, 0.717) is 0 Å². The van der Waals surface area contributed by atoms with Gasteiger partial charge in [0.25, 0.3) is 0 Å². The molecule has 3 aliphatic carbocycles. The molecule has 0 heterocycles. The van der Waals surface area contributed by atoms with E-state index in [0.717, 1.165) is 38.5 Å². The Balaban J connectivity index is 2.08. The summed E-state index contributed by atoms with van der Waals surface area (Å²) in [6.45, 7) is 13.1. The molecule has 2 fully saturated rings. The zero-order chi connectivity index (χ0) is 17.1. The Morgan fingerprint density at radius 3 is 2.52 bits per heavy atom. The number of carboxylic acids is 1. The molecule has 0 bridgehead atoms.